The average molecular weight is 214 g/mol. The van der Waals surface area contributed by atoms with Crippen molar-refractivity contribution in [2.75, 3.05) is 39.8 Å². The van der Waals surface area contributed by atoms with Crippen molar-refractivity contribution >= 4 is 5.97 Å². The third kappa shape index (κ3) is 4.18. The molecule has 1 N–H and O–H groups in total. The van der Waals surface area contributed by atoms with Crippen molar-refractivity contribution in [1.82, 2.24) is 9.80 Å². The van der Waals surface area contributed by atoms with Crippen LogP contribution in [0.2, 0.25) is 0 Å². The normalized spacial score (nSPS) is 25.5. The molecule has 1 atom stereocenters. The highest BCUT2D eigenvalue weighted by atomic mass is 16.4. The van der Waals surface area contributed by atoms with Gasteiger partial charge in [-0.25, -0.2) is 0 Å². The molecule has 4 nitrogen and oxygen atoms in total. The van der Waals surface area contributed by atoms with Gasteiger partial charge in [-0.2, -0.15) is 0 Å². The van der Waals surface area contributed by atoms with Crippen LogP contribution in [0.1, 0.15) is 13.8 Å². The molecule has 0 aromatic carbocycles. The highest BCUT2D eigenvalue weighted by Crippen LogP contribution is 2.10. The van der Waals surface area contributed by atoms with Crippen LogP contribution in [0.4, 0.5) is 0 Å². The lowest BCUT2D eigenvalue weighted by Crippen LogP contribution is -2.35. The van der Waals surface area contributed by atoms with Crippen LogP contribution in [-0.4, -0.2) is 60.6 Å². The zero-order valence-corrected chi connectivity index (χ0v) is 9.94. The van der Waals surface area contributed by atoms with Gasteiger partial charge in [-0.15, -0.1) is 0 Å². The summed E-state index contributed by atoms with van der Waals surface area (Å²) in [5, 5.41) is 9.08. The Labute approximate surface area is 91.9 Å². The molecule has 0 aliphatic carbocycles. The minimum absolute atomic E-state index is 0.240. The highest BCUT2D eigenvalue weighted by Gasteiger charge is 2.26. The van der Waals surface area contributed by atoms with Crippen molar-refractivity contribution in [3.63, 3.8) is 0 Å². The Bertz CT molecular complexity index is 219. The van der Waals surface area contributed by atoms with Crippen LogP contribution < -0.4 is 0 Å². The zero-order valence-electron chi connectivity index (χ0n) is 9.94. The van der Waals surface area contributed by atoms with Gasteiger partial charge in [0.25, 0.3) is 0 Å². The summed E-state index contributed by atoms with van der Waals surface area (Å²) in [5.74, 6) is -0.309. The van der Waals surface area contributed by atoms with Crippen LogP contribution in [0.3, 0.4) is 0 Å². The monoisotopic (exact) mass is 214 g/mol. The minimum Gasteiger partial charge on any atom is -0.481 e. The number of nitrogens with zero attached hydrogens (tertiary/aromatic N) is 2. The molecule has 15 heavy (non-hydrogen) atoms. The molecule has 0 radical (unpaired) electrons. The summed E-state index contributed by atoms with van der Waals surface area (Å²) in [7, 11) is 1.99. The Kier molecular flexibility index (Phi) is 4.54. The first-order valence-electron chi connectivity index (χ1n) is 5.62. The predicted molar refractivity (Wildman–Crippen MR) is 59.9 cm³/mol. The van der Waals surface area contributed by atoms with Crippen molar-refractivity contribution in [1.29, 1.82) is 0 Å². The van der Waals surface area contributed by atoms with Crippen molar-refractivity contribution in [3.05, 3.63) is 0 Å². The van der Waals surface area contributed by atoms with Gasteiger partial charge in [-0.1, -0.05) is 13.8 Å². The van der Waals surface area contributed by atoms with Crippen LogP contribution in [-0.2, 0) is 4.79 Å². The van der Waals surface area contributed by atoms with Crippen molar-refractivity contribution in [2.24, 2.45) is 11.8 Å². The summed E-state index contributed by atoms with van der Waals surface area (Å²) >= 11 is 0. The molecule has 0 spiro atoms. The van der Waals surface area contributed by atoms with E-state index in [1.165, 1.54) is 0 Å². The van der Waals surface area contributed by atoms with Gasteiger partial charge in [0.15, 0.2) is 0 Å². The Hall–Kier alpha value is -0.610. The quantitative estimate of drug-likeness (QED) is 0.747. The van der Waals surface area contributed by atoms with E-state index in [4.69, 9.17) is 5.11 Å². The molecule has 1 unspecified atom stereocenters. The molecule has 1 heterocycles. The number of hydrogen-bond donors (Lipinski definition) is 1. The van der Waals surface area contributed by atoms with E-state index in [9.17, 15) is 4.79 Å². The molecule has 1 aliphatic rings. The summed E-state index contributed by atoms with van der Waals surface area (Å²) in [4.78, 5) is 15.4. The highest BCUT2D eigenvalue weighted by molar-refractivity contribution is 5.70. The molecule has 0 aromatic rings. The lowest BCUT2D eigenvalue weighted by Gasteiger charge is -2.23. The fourth-order valence-corrected chi connectivity index (χ4v) is 2.08. The second-order valence-electron chi connectivity index (χ2n) is 4.95. The number of likely N-dealkylation sites (N-methyl/N-ethyl adjacent to an activating group) is 1. The largest absolute Gasteiger partial charge is 0.481 e. The molecule has 0 saturated carbocycles. The van der Waals surface area contributed by atoms with Crippen LogP contribution in [0.25, 0.3) is 0 Å². The zero-order chi connectivity index (χ0) is 11.4. The van der Waals surface area contributed by atoms with E-state index in [-0.39, 0.29) is 5.92 Å². The second-order valence-corrected chi connectivity index (χ2v) is 4.95. The summed E-state index contributed by atoms with van der Waals surface area (Å²) in [5.41, 5.74) is 0. The first kappa shape index (κ1) is 12.5. The third-order valence-corrected chi connectivity index (χ3v) is 2.78. The average Bonchev–Trinajstić information content (AvgIpc) is 2.27. The first-order chi connectivity index (χ1) is 6.99. The second kappa shape index (κ2) is 5.47. The van der Waals surface area contributed by atoms with Gasteiger partial charge < -0.3 is 14.9 Å². The van der Waals surface area contributed by atoms with Gasteiger partial charge in [0.1, 0.15) is 0 Å². The maximum Gasteiger partial charge on any atom is 0.309 e. The Morgan fingerprint density at radius 1 is 1.40 bits per heavy atom. The van der Waals surface area contributed by atoms with E-state index in [0.29, 0.717) is 19.0 Å². The molecule has 1 saturated heterocycles. The minimum atomic E-state index is -0.669. The maximum absolute atomic E-state index is 11.0. The number of carboxylic acid groups (broad SMARTS) is 1. The SMILES string of the molecule is CC(C)CN1CCN(C)CC(C(=O)O)C1. The van der Waals surface area contributed by atoms with Gasteiger partial charge in [-0.05, 0) is 13.0 Å². The van der Waals surface area contributed by atoms with E-state index >= 15 is 0 Å². The number of rotatable bonds is 3. The molecule has 0 bridgehead atoms. The number of carboxylic acids is 1. The molecule has 0 amide bonds. The fraction of sp³-hybridized carbons (Fsp3) is 0.909. The summed E-state index contributed by atoms with van der Waals surface area (Å²) < 4.78 is 0. The van der Waals surface area contributed by atoms with Gasteiger partial charge in [0.2, 0.25) is 0 Å². The summed E-state index contributed by atoms with van der Waals surface area (Å²) in [6, 6.07) is 0. The van der Waals surface area contributed by atoms with Crippen LogP contribution >= 0.6 is 0 Å². The number of aliphatic carboxylic acids is 1. The summed E-state index contributed by atoms with van der Waals surface area (Å²) in [6.45, 7) is 8.66. The standard InChI is InChI=1S/C11H22N2O2/c1-9(2)6-13-5-4-12(3)7-10(8-13)11(14)15/h9-10H,4-8H2,1-3H3,(H,14,15). The molecular weight excluding hydrogens is 192 g/mol. The lowest BCUT2D eigenvalue weighted by molar-refractivity contribution is -0.142. The third-order valence-electron chi connectivity index (χ3n) is 2.78. The molecule has 1 aliphatic heterocycles. The number of carbonyl (C=O) groups is 1. The summed E-state index contributed by atoms with van der Waals surface area (Å²) in [6.07, 6.45) is 0. The van der Waals surface area contributed by atoms with Gasteiger partial charge in [-0.3, -0.25) is 4.79 Å². The van der Waals surface area contributed by atoms with E-state index in [0.717, 1.165) is 19.6 Å². The Morgan fingerprint density at radius 3 is 2.60 bits per heavy atom. The molecular formula is C11H22N2O2. The Morgan fingerprint density at radius 2 is 2.07 bits per heavy atom. The Balaban J connectivity index is 2.56. The van der Waals surface area contributed by atoms with Crippen molar-refractivity contribution in [2.45, 2.75) is 13.8 Å². The van der Waals surface area contributed by atoms with Crippen LogP contribution in [0.5, 0.6) is 0 Å². The van der Waals surface area contributed by atoms with E-state index in [2.05, 4.69) is 23.6 Å². The van der Waals surface area contributed by atoms with E-state index in [1.54, 1.807) is 0 Å². The predicted octanol–water partition coefficient (Wildman–Crippen LogP) is 0.591. The molecule has 88 valence electrons. The van der Waals surface area contributed by atoms with Crippen molar-refractivity contribution < 1.29 is 9.90 Å². The lowest BCUT2D eigenvalue weighted by atomic mass is 10.1. The van der Waals surface area contributed by atoms with Crippen LogP contribution in [0.15, 0.2) is 0 Å². The first-order valence-corrected chi connectivity index (χ1v) is 5.62. The molecule has 1 fully saturated rings. The fourth-order valence-electron chi connectivity index (χ4n) is 2.08. The smallest absolute Gasteiger partial charge is 0.309 e. The molecule has 1 rings (SSSR count). The van der Waals surface area contributed by atoms with E-state index < -0.39 is 5.97 Å². The van der Waals surface area contributed by atoms with Crippen molar-refractivity contribution in [3.8, 4) is 0 Å². The topological polar surface area (TPSA) is 43.8 Å². The van der Waals surface area contributed by atoms with Gasteiger partial charge in [0, 0.05) is 32.7 Å². The van der Waals surface area contributed by atoms with Gasteiger partial charge >= 0.3 is 5.97 Å². The maximum atomic E-state index is 11.0. The van der Waals surface area contributed by atoms with E-state index in [1.807, 2.05) is 7.05 Å². The molecule has 4 heteroatoms. The van der Waals surface area contributed by atoms with Gasteiger partial charge in [0.05, 0.1) is 5.92 Å². The number of hydrogen-bond acceptors (Lipinski definition) is 3. The van der Waals surface area contributed by atoms with Crippen LogP contribution in [0, 0.1) is 11.8 Å². The molecule has 0 aromatic heterocycles.